The molecule has 4 N–H and O–H groups in total. The van der Waals surface area contributed by atoms with Crippen LogP contribution in [0.15, 0.2) is 39.3 Å². The highest BCUT2D eigenvalue weighted by Crippen LogP contribution is 2.21. The molecule has 1 heterocycles. The van der Waals surface area contributed by atoms with E-state index in [0.717, 1.165) is 0 Å². The molecule has 0 saturated heterocycles. The zero-order valence-corrected chi connectivity index (χ0v) is 8.82. The van der Waals surface area contributed by atoms with Gasteiger partial charge in [0.25, 0.3) is 5.56 Å². The number of nitrogens with two attached hydrogens (primary N) is 1. The largest absolute Gasteiger partial charge is 0.382 e. The van der Waals surface area contributed by atoms with Gasteiger partial charge in [0.15, 0.2) is 5.69 Å². The summed E-state index contributed by atoms with van der Waals surface area (Å²) in [5.74, 6) is 0.149. The lowest BCUT2D eigenvalue weighted by atomic mass is 10.3. The van der Waals surface area contributed by atoms with Crippen LogP contribution in [0.25, 0.3) is 0 Å². The molecule has 1 aromatic heterocycles. The fourth-order valence-corrected chi connectivity index (χ4v) is 1.29. The molecule has 0 amide bonds. The van der Waals surface area contributed by atoms with Crippen LogP contribution in [-0.2, 0) is 0 Å². The molecule has 16 heavy (non-hydrogen) atoms. The van der Waals surface area contributed by atoms with Crippen molar-refractivity contribution in [1.82, 2.24) is 10.2 Å². The van der Waals surface area contributed by atoms with Crippen LogP contribution in [0.2, 0.25) is 5.02 Å². The number of H-pyrrole nitrogens is 2. The normalized spacial score (nSPS) is 11.1. The first-order valence-electron chi connectivity index (χ1n) is 4.40. The fourth-order valence-electron chi connectivity index (χ4n) is 1.11. The number of aromatic amines is 2. The number of halogens is 1. The molecule has 7 heteroatoms. The lowest BCUT2D eigenvalue weighted by molar-refractivity contribution is 1.06. The molecular formula is C9H8ClN5O. The monoisotopic (exact) mass is 237 g/mol. The minimum atomic E-state index is -0.414. The molecule has 0 atom stereocenters. The second kappa shape index (κ2) is 4.19. The van der Waals surface area contributed by atoms with E-state index in [9.17, 15) is 4.79 Å². The van der Waals surface area contributed by atoms with E-state index in [-0.39, 0.29) is 11.5 Å². The third kappa shape index (κ3) is 2.12. The quantitative estimate of drug-likeness (QED) is 0.699. The van der Waals surface area contributed by atoms with Crippen molar-refractivity contribution < 1.29 is 0 Å². The van der Waals surface area contributed by atoms with Gasteiger partial charge in [0.2, 0.25) is 0 Å². The van der Waals surface area contributed by atoms with Crippen LogP contribution < -0.4 is 11.3 Å². The van der Waals surface area contributed by atoms with Gasteiger partial charge in [0.1, 0.15) is 5.82 Å². The zero-order valence-electron chi connectivity index (χ0n) is 8.07. The molecule has 0 radical (unpaired) electrons. The molecule has 2 aromatic rings. The van der Waals surface area contributed by atoms with Crippen molar-refractivity contribution in [2.24, 2.45) is 10.2 Å². The van der Waals surface area contributed by atoms with Gasteiger partial charge in [-0.3, -0.25) is 15.0 Å². The molecule has 0 aliphatic heterocycles. The average molecular weight is 238 g/mol. The van der Waals surface area contributed by atoms with E-state index < -0.39 is 5.56 Å². The second-order valence-corrected chi connectivity index (χ2v) is 3.46. The van der Waals surface area contributed by atoms with Crippen molar-refractivity contribution >= 4 is 28.8 Å². The first-order valence-corrected chi connectivity index (χ1v) is 4.78. The van der Waals surface area contributed by atoms with Crippen LogP contribution in [0.1, 0.15) is 0 Å². The summed E-state index contributed by atoms with van der Waals surface area (Å²) in [7, 11) is 0. The highest BCUT2D eigenvalue weighted by Gasteiger charge is 2.04. The average Bonchev–Trinajstić information content (AvgIpc) is 2.56. The molecule has 0 spiro atoms. The number of hydrogen-bond donors (Lipinski definition) is 3. The summed E-state index contributed by atoms with van der Waals surface area (Å²) in [5.41, 5.74) is 5.66. The lowest BCUT2D eigenvalue weighted by Crippen LogP contribution is -1.96. The molecule has 0 saturated carbocycles. The van der Waals surface area contributed by atoms with Crippen LogP contribution in [0.3, 0.4) is 0 Å². The number of benzene rings is 1. The Balaban J connectivity index is 2.32. The van der Waals surface area contributed by atoms with Gasteiger partial charge in [-0.2, -0.15) is 5.11 Å². The Labute approximate surface area is 95.1 Å². The van der Waals surface area contributed by atoms with Gasteiger partial charge in [-0.25, -0.2) is 0 Å². The molecule has 0 aliphatic carbocycles. The zero-order chi connectivity index (χ0) is 11.5. The van der Waals surface area contributed by atoms with E-state index in [0.29, 0.717) is 10.7 Å². The summed E-state index contributed by atoms with van der Waals surface area (Å²) < 4.78 is 0. The molecule has 0 bridgehead atoms. The van der Waals surface area contributed by atoms with E-state index in [4.69, 9.17) is 17.3 Å². The smallest absolute Gasteiger partial charge is 0.293 e. The number of nitrogens with zero attached hydrogens (tertiary/aromatic N) is 2. The minimum absolute atomic E-state index is 0.0555. The Morgan fingerprint density at radius 2 is 2.06 bits per heavy atom. The standard InChI is InChI=1S/C9H8ClN5O/c10-5-2-1-3-6(4-5)12-13-7-8(11)14-15-9(7)16/h1-4H,(H4,11,14,15,16). The van der Waals surface area contributed by atoms with Gasteiger partial charge in [-0.05, 0) is 18.2 Å². The maximum absolute atomic E-state index is 11.2. The molecule has 0 fully saturated rings. The number of aromatic nitrogens is 2. The Hall–Kier alpha value is -2.08. The lowest BCUT2D eigenvalue weighted by Gasteiger charge is -1.92. The number of hydrogen-bond acceptors (Lipinski definition) is 4. The Kier molecular flexibility index (Phi) is 2.74. The Bertz CT molecular complexity index is 586. The van der Waals surface area contributed by atoms with E-state index in [1.807, 2.05) is 0 Å². The van der Waals surface area contributed by atoms with Crippen molar-refractivity contribution in [2.75, 3.05) is 5.73 Å². The SMILES string of the molecule is Nc1[nH][nH]c(=O)c1N=Nc1cccc(Cl)c1. The summed E-state index contributed by atoms with van der Waals surface area (Å²) >= 11 is 5.77. The predicted octanol–water partition coefficient (Wildman–Crippen LogP) is 2.35. The third-order valence-corrected chi connectivity index (χ3v) is 2.09. The Morgan fingerprint density at radius 3 is 2.69 bits per heavy atom. The number of nitrogen functional groups attached to an aromatic ring is 1. The maximum Gasteiger partial charge on any atom is 0.293 e. The van der Waals surface area contributed by atoms with Gasteiger partial charge in [-0.15, -0.1) is 5.11 Å². The van der Waals surface area contributed by atoms with Crippen molar-refractivity contribution in [2.45, 2.75) is 0 Å². The summed E-state index contributed by atoms with van der Waals surface area (Å²) in [6, 6.07) is 6.80. The van der Waals surface area contributed by atoms with Gasteiger partial charge in [0, 0.05) is 5.02 Å². The topological polar surface area (TPSA) is 99.4 Å². The number of anilines is 1. The molecule has 2 rings (SSSR count). The predicted molar refractivity (Wildman–Crippen MR) is 61.5 cm³/mol. The van der Waals surface area contributed by atoms with Crippen molar-refractivity contribution in [3.05, 3.63) is 39.6 Å². The fraction of sp³-hybridized carbons (Fsp3) is 0. The summed E-state index contributed by atoms with van der Waals surface area (Å²) in [6.07, 6.45) is 0. The highest BCUT2D eigenvalue weighted by atomic mass is 35.5. The third-order valence-electron chi connectivity index (χ3n) is 1.85. The molecule has 6 nitrogen and oxygen atoms in total. The number of nitrogens with one attached hydrogen (secondary N) is 2. The van der Waals surface area contributed by atoms with Crippen LogP contribution in [0.5, 0.6) is 0 Å². The van der Waals surface area contributed by atoms with Gasteiger partial charge in [0.05, 0.1) is 5.69 Å². The van der Waals surface area contributed by atoms with Crippen LogP contribution >= 0.6 is 11.6 Å². The Morgan fingerprint density at radius 1 is 1.25 bits per heavy atom. The molecular weight excluding hydrogens is 230 g/mol. The van der Waals surface area contributed by atoms with Crippen LogP contribution in [-0.4, -0.2) is 10.2 Å². The molecule has 82 valence electrons. The minimum Gasteiger partial charge on any atom is -0.382 e. The van der Waals surface area contributed by atoms with Gasteiger partial charge < -0.3 is 5.73 Å². The molecule has 0 aliphatic rings. The van der Waals surface area contributed by atoms with E-state index >= 15 is 0 Å². The van der Waals surface area contributed by atoms with Crippen molar-refractivity contribution in [1.29, 1.82) is 0 Å². The number of azo groups is 1. The molecule has 0 unspecified atom stereocenters. The molecule has 1 aromatic carbocycles. The highest BCUT2D eigenvalue weighted by molar-refractivity contribution is 6.30. The summed E-state index contributed by atoms with van der Waals surface area (Å²) in [4.78, 5) is 11.2. The second-order valence-electron chi connectivity index (χ2n) is 3.02. The van der Waals surface area contributed by atoms with Gasteiger partial charge in [-0.1, -0.05) is 17.7 Å². The van der Waals surface area contributed by atoms with Crippen molar-refractivity contribution in [3.63, 3.8) is 0 Å². The first-order chi connectivity index (χ1) is 7.66. The van der Waals surface area contributed by atoms with E-state index in [1.165, 1.54) is 0 Å². The van der Waals surface area contributed by atoms with Crippen LogP contribution in [0, 0.1) is 0 Å². The van der Waals surface area contributed by atoms with E-state index in [2.05, 4.69) is 20.4 Å². The summed E-state index contributed by atoms with van der Waals surface area (Å²) in [6.45, 7) is 0. The van der Waals surface area contributed by atoms with Gasteiger partial charge >= 0.3 is 0 Å². The summed E-state index contributed by atoms with van der Waals surface area (Å²) in [5, 5.41) is 12.9. The maximum atomic E-state index is 11.2. The first kappa shape index (κ1) is 10.4. The van der Waals surface area contributed by atoms with Crippen LogP contribution in [0.4, 0.5) is 17.2 Å². The van der Waals surface area contributed by atoms with E-state index in [1.54, 1.807) is 24.3 Å². The van der Waals surface area contributed by atoms with Crippen molar-refractivity contribution in [3.8, 4) is 0 Å². The number of rotatable bonds is 2.